The Morgan fingerprint density at radius 3 is 2.80 bits per heavy atom. The van der Waals surface area contributed by atoms with E-state index in [0.29, 0.717) is 0 Å². The van der Waals surface area contributed by atoms with Crippen LogP contribution in [0, 0.1) is 11.8 Å². The normalized spacial score (nSPS) is 28.0. The number of hydrogen-bond acceptors (Lipinski definition) is 3. The highest BCUT2D eigenvalue weighted by molar-refractivity contribution is 9.10. The molecule has 2 aliphatic rings. The standard InChI is InChI=1S/C11H14BrN3/c1-2-10-13-9(12)4-11(14-10)15-5-7-3-8(7)6-15/h4,7-8H,2-3,5-6H2,1H3. The van der Waals surface area contributed by atoms with E-state index in [9.17, 15) is 0 Å². The van der Waals surface area contributed by atoms with Crippen molar-refractivity contribution in [2.45, 2.75) is 19.8 Å². The van der Waals surface area contributed by atoms with E-state index in [2.05, 4.69) is 37.7 Å². The highest BCUT2D eigenvalue weighted by Gasteiger charge is 2.45. The van der Waals surface area contributed by atoms with E-state index >= 15 is 0 Å². The molecule has 1 saturated heterocycles. The third-order valence-corrected chi connectivity index (χ3v) is 3.75. The molecule has 4 heteroatoms. The topological polar surface area (TPSA) is 29.0 Å². The second-order valence-electron chi connectivity index (χ2n) is 4.48. The number of aryl methyl sites for hydroxylation is 1. The van der Waals surface area contributed by atoms with Crippen molar-refractivity contribution >= 4 is 21.7 Å². The van der Waals surface area contributed by atoms with E-state index < -0.39 is 0 Å². The molecule has 0 bridgehead atoms. The lowest BCUT2D eigenvalue weighted by Crippen LogP contribution is -2.23. The van der Waals surface area contributed by atoms with Crippen LogP contribution >= 0.6 is 15.9 Å². The molecule has 1 aliphatic heterocycles. The van der Waals surface area contributed by atoms with Crippen molar-refractivity contribution in [2.75, 3.05) is 18.0 Å². The monoisotopic (exact) mass is 267 g/mol. The van der Waals surface area contributed by atoms with Crippen molar-refractivity contribution in [3.63, 3.8) is 0 Å². The molecule has 1 saturated carbocycles. The lowest BCUT2D eigenvalue weighted by molar-refractivity contribution is 0.789. The van der Waals surface area contributed by atoms with Crippen LogP contribution in [0.1, 0.15) is 19.2 Å². The summed E-state index contributed by atoms with van der Waals surface area (Å²) < 4.78 is 0.907. The maximum Gasteiger partial charge on any atom is 0.133 e. The number of piperidine rings is 1. The summed E-state index contributed by atoms with van der Waals surface area (Å²) in [7, 11) is 0. The van der Waals surface area contributed by atoms with Crippen molar-refractivity contribution in [1.29, 1.82) is 0 Å². The predicted octanol–water partition coefficient (Wildman–Crippen LogP) is 2.26. The van der Waals surface area contributed by atoms with Gasteiger partial charge in [0.1, 0.15) is 16.2 Å². The van der Waals surface area contributed by atoms with Crippen LogP contribution in [0.25, 0.3) is 0 Å². The SMILES string of the molecule is CCc1nc(Br)cc(N2CC3CC3C2)n1. The Morgan fingerprint density at radius 2 is 2.13 bits per heavy atom. The minimum atomic E-state index is 0.896. The molecule has 2 atom stereocenters. The zero-order valence-electron chi connectivity index (χ0n) is 8.78. The minimum absolute atomic E-state index is 0.896. The molecule has 1 aromatic heterocycles. The molecule has 3 rings (SSSR count). The van der Waals surface area contributed by atoms with Crippen molar-refractivity contribution < 1.29 is 0 Å². The fourth-order valence-electron chi connectivity index (χ4n) is 2.36. The quantitative estimate of drug-likeness (QED) is 0.770. The number of fused-ring (bicyclic) bond motifs is 1. The van der Waals surface area contributed by atoms with Gasteiger partial charge in [0.15, 0.2) is 0 Å². The average Bonchev–Trinajstić information content (AvgIpc) is 2.85. The molecule has 80 valence electrons. The van der Waals surface area contributed by atoms with Gasteiger partial charge in [0, 0.05) is 25.6 Å². The van der Waals surface area contributed by atoms with Gasteiger partial charge in [-0.3, -0.25) is 0 Å². The largest absolute Gasteiger partial charge is 0.356 e. The minimum Gasteiger partial charge on any atom is -0.356 e. The first-order valence-electron chi connectivity index (χ1n) is 5.54. The Balaban J connectivity index is 1.87. The molecule has 1 aliphatic carbocycles. The van der Waals surface area contributed by atoms with E-state index in [1.54, 1.807) is 0 Å². The van der Waals surface area contributed by atoms with Crippen LogP contribution in [0.15, 0.2) is 10.7 Å². The lowest BCUT2D eigenvalue weighted by Gasteiger charge is -2.19. The van der Waals surface area contributed by atoms with Gasteiger partial charge in [0.25, 0.3) is 0 Å². The molecule has 0 N–H and O–H groups in total. The Hall–Kier alpha value is -0.640. The van der Waals surface area contributed by atoms with Gasteiger partial charge in [-0.25, -0.2) is 9.97 Å². The smallest absolute Gasteiger partial charge is 0.133 e. The third-order valence-electron chi connectivity index (χ3n) is 3.35. The molecule has 3 nitrogen and oxygen atoms in total. The van der Waals surface area contributed by atoms with Crippen LogP contribution < -0.4 is 4.90 Å². The van der Waals surface area contributed by atoms with Crippen molar-refractivity contribution in [3.8, 4) is 0 Å². The van der Waals surface area contributed by atoms with Crippen LogP contribution in [0.2, 0.25) is 0 Å². The molecular formula is C11H14BrN3. The molecule has 0 amide bonds. The highest BCUT2D eigenvalue weighted by atomic mass is 79.9. The van der Waals surface area contributed by atoms with E-state index in [-0.39, 0.29) is 0 Å². The van der Waals surface area contributed by atoms with E-state index in [0.717, 1.165) is 34.5 Å². The summed E-state index contributed by atoms with van der Waals surface area (Å²) in [6, 6.07) is 2.03. The summed E-state index contributed by atoms with van der Waals surface area (Å²) in [6.07, 6.45) is 2.33. The number of halogens is 1. The molecule has 15 heavy (non-hydrogen) atoms. The lowest BCUT2D eigenvalue weighted by atomic mass is 10.4. The maximum absolute atomic E-state index is 4.57. The first-order valence-corrected chi connectivity index (χ1v) is 6.34. The van der Waals surface area contributed by atoms with Gasteiger partial charge < -0.3 is 4.90 Å². The Morgan fingerprint density at radius 1 is 1.40 bits per heavy atom. The fourth-order valence-corrected chi connectivity index (χ4v) is 2.77. The maximum atomic E-state index is 4.57. The van der Waals surface area contributed by atoms with Crippen LogP contribution in [0.5, 0.6) is 0 Å². The Bertz CT molecular complexity index is 383. The number of rotatable bonds is 2. The van der Waals surface area contributed by atoms with Gasteiger partial charge in [-0.15, -0.1) is 0 Å². The first kappa shape index (κ1) is 9.58. The number of nitrogens with zero attached hydrogens (tertiary/aromatic N) is 3. The van der Waals surface area contributed by atoms with Crippen LogP contribution in [0.3, 0.4) is 0 Å². The third kappa shape index (κ3) is 1.75. The van der Waals surface area contributed by atoms with Gasteiger partial charge >= 0.3 is 0 Å². The van der Waals surface area contributed by atoms with Crippen molar-refractivity contribution in [1.82, 2.24) is 9.97 Å². The first-order chi connectivity index (χ1) is 7.26. The average molecular weight is 268 g/mol. The van der Waals surface area contributed by atoms with Crippen LogP contribution in [0.4, 0.5) is 5.82 Å². The highest BCUT2D eigenvalue weighted by Crippen LogP contribution is 2.46. The molecule has 0 spiro atoms. The second-order valence-corrected chi connectivity index (χ2v) is 5.29. The summed E-state index contributed by atoms with van der Waals surface area (Å²) in [4.78, 5) is 11.3. The van der Waals surface area contributed by atoms with Crippen LogP contribution in [-0.2, 0) is 6.42 Å². The molecule has 0 radical (unpaired) electrons. The molecule has 2 unspecified atom stereocenters. The molecule has 2 fully saturated rings. The Labute approximate surface area is 98.0 Å². The van der Waals surface area contributed by atoms with Crippen molar-refractivity contribution in [2.24, 2.45) is 11.8 Å². The summed E-state index contributed by atoms with van der Waals surface area (Å²) in [5.41, 5.74) is 0. The van der Waals surface area contributed by atoms with Crippen LogP contribution in [-0.4, -0.2) is 23.1 Å². The second kappa shape index (κ2) is 3.44. The van der Waals surface area contributed by atoms with Gasteiger partial charge in [0.05, 0.1) is 0 Å². The Kier molecular flexibility index (Phi) is 2.20. The number of hydrogen-bond donors (Lipinski definition) is 0. The van der Waals surface area contributed by atoms with E-state index in [1.807, 2.05) is 6.07 Å². The molecule has 1 aromatic rings. The summed E-state index contributed by atoms with van der Waals surface area (Å²) in [5, 5.41) is 0. The number of anilines is 1. The zero-order chi connectivity index (χ0) is 10.4. The molecule has 0 aromatic carbocycles. The predicted molar refractivity (Wildman–Crippen MR) is 62.9 cm³/mol. The summed E-state index contributed by atoms with van der Waals surface area (Å²) >= 11 is 3.45. The fraction of sp³-hybridized carbons (Fsp3) is 0.636. The van der Waals surface area contributed by atoms with Gasteiger partial charge in [-0.1, -0.05) is 6.92 Å². The van der Waals surface area contributed by atoms with Gasteiger partial charge in [-0.2, -0.15) is 0 Å². The molecule has 2 heterocycles. The number of aromatic nitrogens is 2. The van der Waals surface area contributed by atoms with Gasteiger partial charge in [-0.05, 0) is 34.2 Å². The van der Waals surface area contributed by atoms with Crippen molar-refractivity contribution in [3.05, 3.63) is 16.5 Å². The summed E-state index contributed by atoms with van der Waals surface area (Å²) in [5.74, 6) is 3.92. The summed E-state index contributed by atoms with van der Waals surface area (Å²) in [6.45, 7) is 4.47. The van der Waals surface area contributed by atoms with E-state index in [1.165, 1.54) is 19.5 Å². The molecular weight excluding hydrogens is 254 g/mol. The van der Waals surface area contributed by atoms with Gasteiger partial charge in [0.2, 0.25) is 0 Å². The zero-order valence-corrected chi connectivity index (χ0v) is 10.4. The van der Waals surface area contributed by atoms with E-state index in [4.69, 9.17) is 0 Å².